The molecule has 1 heterocycles. The van der Waals surface area contributed by atoms with Gasteiger partial charge in [0.05, 0.1) is 17.6 Å². The van der Waals surface area contributed by atoms with Crippen LogP contribution in [0.1, 0.15) is 40.9 Å². The topological polar surface area (TPSA) is 47.3 Å². The van der Waals surface area contributed by atoms with Crippen molar-refractivity contribution in [3.05, 3.63) is 57.4 Å². The highest BCUT2D eigenvalue weighted by atomic mass is 35.5. The van der Waals surface area contributed by atoms with Gasteiger partial charge < -0.3 is 14.4 Å². The number of aryl methyl sites for hydroxylation is 5. The summed E-state index contributed by atoms with van der Waals surface area (Å²) in [5, 5.41) is 10.5. The van der Waals surface area contributed by atoms with E-state index in [9.17, 15) is 5.11 Å². The third-order valence-electron chi connectivity index (χ3n) is 5.04. The van der Waals surface area contributed by atoms with Crippen LogP contribution in [0.15, 0.2) is 24.3 Å². The van der Waals surface area contributed by atoms with Crippen molar-refractivity contribution in [3.8, 4) is 5.75 Å². The molecule has 0 saturated carbocycles. The summed E-state index contributed by atoms with van der Waals surface area (Å²) in [4.78, 5) is 4.58. The van der Waals surface area contributed by atoms with E-state index in [1.165, 1.54) is 11.1 Å². The molecule has 5 heteroatoms. The fourth-order valence-corrected chi connectivity index (χ4v) is 3.46. The van der Waals surface area contributed by atoms with Gasteiger partial charge in [-0.15, -0.1) is 0 Å². The number of unbranched alkanes of at least 4 members (excludes halogenated alkanes) is 1. The van der Waals surface area contributed by atoms with Crippen LogP contribution in [-0.2, 0) is 13.2 Å². The van der Waals surface area contributed by atoms with Gasteiger partial charge in [-0.3, -0.25) is 0 Å². The molecule has 27 heavy (non-hydrogen) atoms. The van der Waals surface area contributed by atoms with Crippen LogP contribution in [0.25, 0.3) is 11.0 Å². The predicted molar refractivity (Wildman–Crippen MR) is 111 cm³/mol. The number of benzene rings is 2. The Morgan fingerprint density at radius 1 is 0.963 bits per heavy atom. The van der Waals surface area contributed by atoms with E-state index in [2.05, 4.69) is 35.5 Å². The van der Waals surface area contributed by atoms with Crippen molar-refractivity contribution >= 4 is 22.6 Å². The first kappa shape index (κ1) is 19.7. The van der Waals surface area contributed by atoms with Crippen LogP contribution in [0.3, 0.4) is 0 Å². The highest BCUT2D eigenvalue weighted by Gasteiger charge is 2.11. The standard InChI is InChI=1S/C22H27ClN2O2/c1-14-11-19-20(12-15(14)2)25(21(13-26)24-19)7-5-6-8-27-18-9-16(3)22(23)17(4)10-18/h9-12,26H,5-8,13H2,1-4H3. The minimum absolute atomic E-state index is 0.0490. The van der Waals surface area contributed by atoms with E-state index < -0.39 is 0 Å². The molecule has 1 N–H and O–H groups in total. The molecule has 0 amide bonds. The molecule has 0 bridgehead atoms. The Kier molecular flexibility index (Phi) is 6.08. The van der Waals surface area contributed by atoms with Gasteiger partial charge in [-0.25, -0.2) is 4.98 Å². The van der Waals surface area contributed by atoms with Crippen molar-refractivity contribution in [2.45, 2.75) is 53.7 Å². The minimum atomic E-state index is -0.0490. The largest absolute Gasteiger partial charge is 0.494 e. The molecule has 0 aliphatic heterocycles. The Balaban J connectivity index is 1.61. The third kappa shape index (κ3) is 4.28. The number of imidazole rings is 1. The van der Waals surface area contributed by atoms with Gasteiger partial charge in [0.15, 0.2) is 0 Å². The summed E-state index contributed by atoms with van der Waals surface area (Å²) in [5.41, 5.74) is 6.57. The second-order valence-electron chi connectivity index (χ2n) is 7.19. The Labute approximate surface area is 165 Å². The molecule has 0 unspecified atom stereocenters. The molecule has 2 aromatic carbocycles. The van der Waals surface area contributed by atoms with Gasteiger partial charge >= 0.3 is 0 Å². The SMILES string of the molecule is Cc1cc2nc(CO)n(CCCCOc3cc(C)c(Cl)c(C)c3)c2cc1C. The molecule has 144 valence electrons. The van der Waals surface area contributed by atoms with Gasteiger partial charge in [0, 0.05) is 11.6 Å². The summed E-state index contributed by atoms with van der Waals surface area (Å²) in [6.45, 7) is 9.60. The normalized spacial score (nSPS) is 11.3. The first-order valence-corrected chi connectivity index (χ1v) is 9.75. The first-order chi connectivity index (χ1) is 12.9. The molecular formula is C22H27ClN2O2. The highest BCUT2D eigenvalue weighted by molar-refractivity contribution is 6.32. The van der Waals surface area contributed by atoms with Crippen LogP contribution < -0.4 is 4.74 Å². The molecule has 0 radical (unpaired) electrons. The van der Waals surface area contributed by atoms with E-state index in [0.717, 1.165) is 58.1 Å². The Hall–Kier alpha value is -2.04. The van der Waals surface area contributed by atoms with Gasteiger partial charge in [0.2, 0.25) is 0 Å². The molecule has 0 saturated heterocycles. The molecular weight excluding hydrogens is 360 g/mol. The van der Waals surface area contributed by atoms with Gasteiger partial charge in [0.25, 0.3) is 0 Å². The van der Waals surface area contributed by atoms with Gasteiger partial charge in [0.1, 0.15) is 18.2 Å². The monoisotopic (exact) mass is 386 g/mol. The number of aromatic nitrogens is 2. The molecule has 4 nitrogen and oxygen atoms in total. The van der Waals surface area contributed by atoms with Crippen molar-refractivity contribution in [2.75, 3.05) is 6.61 Å². The summed E-state index contributed by atoms with van der Waals surface area (Å²) in [5.74, 6) is 1.59. The number of hydrogen-bond donors (Lipinski definition) is 1. The maximum Gasteiger partial charge on any atom is 0.135 e. The number of ether oxygens (including phenoxy) is 1. The number of nitrogens with zero attached hydrogens (tertiary/aromatic N) is 2. The molecule has 0 spiro atoms. The maximum atomic E-state index is 9.67. The summed E-state index contributed by atoms with van der Waals surface area (Å²) < 4.78 is 8.01. The Bertz CT molecular complexity index is 940. The summed E-state index contributed by atoms with van der Waals surface area (Å²) >= 11 is 6.20. The fraction of sp³-hybridized carbons (Fsp3) is 0.409. The molecule has 3 aromatic rings. The number of halogens is 1. The van der Waals surface area contributed by atoms with Crippen LogP contribution in [0.2, 0.25) is 5.02 Å². The summed E-state index contributed by atoms with van der Waals surface area (Å²) in [7, 11) is 0. The third-order valence-corrected chi connectivity index (χ3v) is 5.64. The van der Waals surface area contributed by atoms with E-state index >= 15 is 0 Å². The second-order valence-corrected chi connectivity index (χ2v) is 7.57. The number of aliphatic hydroxyl groups is 1. The van der Waals surface area contributed by atoms with Crippen molar-refractivity contribution in [3.63, 3.8) is 0 Å². The zero-order valence-electron chi connectivity index (χ0n) is 16.5. The second kappa shape index (κ2) is 8.32. The zero-order valence-corrected chi connectivity index (χ0v) is 17.2. The highest BCUT2D eigenvalue weighted by Crippen LogP contribution is 2.26. The van der Waals surface area contributed by atoms with Crippen molar-refractivity contribution in [2.24, 2.45) is 0 Å². The molecule has 3 rings (SSSR count). The lowest BCUT2D eigenvalue weighted by Crippen LogP contribution is -2.06. The summed E-state index contributed by atoms with van der Waals surface area (Å²) in [6.07, 6.45) is 1.88. The number of fused-ring (bicyclic) bond motifs is 1. The van der Waals surface area contributed by atoms with Crippen molar-refractivity contribution in [1.82, 2.24) is 9.55 Å². The van der Waals surface area contributed by atoms with E-state index in [0.29, 0.717) is 6.61 Å². The van der Waals surface area contributed by atoms with Crippen molar-refractivity contribution in [1.29, 1.82) is 0 Å². The van der Waals surface area contributed by atoms with Crippen molar-refractivity contribution < 1.29 is 9.84 Å². The lowest BCUT2D eigenvalue weighted by molar-refractivity contribution is 0.263. The van der Waals surface area contributed by atoms with Crippen LogP contribution in [-0.4, -0.2) is 21.3 Å². The van der Waals surface area contributed by atoms with Crippen LogP contribution in [0.5, 0.6) is 5.75 Å². The number of hydrogen-bond acceptors (Lipinski definition) is 3. The smallest absolute Gasteiger partial charge is 0.135 e. The molecule has 1 aromatic heterocycles. The van der Waals surface area contributed by atoms with E-state index in [1.54, 1.807) is 0 Å². The predicted octanol–water partition coefficient (Wildman–Crippen LogP) is 5.27. The molecule has 0 atom stereocenters. The number of rotatable bonds is 7. The van der Waals surface area contributed by atoms with Gasteiger partial charge in [-0.05, 0) is 87.1 Å². The van der Waals surface area contributed by atoms with Gasteiger partial charge in [-0.1, -0.05) is 11.6 Å². The van der Waals surface area contributed by atoms with E-state index in [-0.39, 0.29) is 6.61 Å². The van der Waals surface area contributed by atoms with Crippen LogP contribution in [0, 0.1) is 27.7 Å². The van der Waals surface area contributed by atoms with Crippen LogP contribution in [0.4, 0.5) is 0 Å². The molecule has 0 aliphatic carbocycles. The van der Waals surface area contributed by atoms with E-state index in [4.69, 9.17) is 16.3 Å². The van der Waals surface area contributed by atoms with Gasteiger partial charge in [-0.2, -0.15) is 0 Å². The number of aliphatic hydroxyl groups excluding tert-OH is 1. The summed E-state index contributed by atoms with van der Waals surface area (Å²) in [6, 6.07) is 8.21. The van der Waals surface area contributed by atoms with E-state index in [1.807, 2.05) is 26.0 Å². The Morgan fingerprint density at radius 3 is 2.30 bits per heavy atom. The van der Waals surface area contributed by atoms with Crippen LogP contribution >= 0.6 is 11.6 Å². The fourth-order valence-electron chi connectivity index (χ4n) is 3.35. The lowest BCUT2D eigenvalue weighted by Gasteiger charge is -2.11. The minimum Gasteiger partial charge on any atom is -0.494 e. The Morgan fingerprint density at radius 2 is 1.63 bits per heavy atom. The molecule has 0 fully saturated rings. The average molecular weight is 387 g/mol. The lowest BCUT2D eigenvalue weighted by atomic mass is 10.1. The first-order valence-electron chi connectivity index (χ1n) is 9.37. The maximum absolute atomic E-state index is 9.67. The quantitative estimate of drug-likeness (QED) is 0.562. The molecule has 0 aliphatic rings. The zero-order chi connectivity index (χ0) is 19.6. The average Bonchev–Trinajstić information content (AvgIpc) is 2.96.